The number of nitrogens with zero attached hydrogens (tertiary/aromatic N) is 2. The number of amides is 3. The number of rotatable bonds is 4. The predicted molar refractivity (Wildman–Crippen MR) is 106 cm³/mol. The maximum absolute atomic E-state index is 11.9. The van der Waals surface area contributed by atoms with Crippen molar-refractivity contribution in [3.63, 3.8) is 0 Å². The smallest absolute Gasteiger partial charge is 0.321 e. The van der Waals surface area contributed by atoms with Crippen LogP contribution in [0.25, 0.3) is 10.8 Å². The Hall–Kier alpha value is -1.87. The number of nitrogens with one attached hydrogen (secondary N) is 2. The van der Waals surface area contributed by atoms with Gasteiger partial charge in [-0.15, -0.1) is 21.5 Å². The minimum atomic E-state index is -0.516. The first kappa shape index (κ1) is 19.9. The number of carbonyl (C=O) groups is 2. The molecule has 0 fully saturated rings. The maximum atomic E-state index is 11.9. The monoisotopic (exact) mass is 408 g/mol. The lowest BCUT2D eigenvalue weighted by molar-refractivity contribution is -0.117. The Bertz CT molecular complexity index is 838. The molecule has 0 spiro atoms. The highest BCUT2D eigenvalue weighted by Gasteiger charge is 2.21. The Morgan fingerprint density at radius 2 is 2.15 bits per heavy atom. The molecule has 1 unspecified atom stereocenters. The highest BCUT2D eigenvalue weighted by Crippen LogP contribution is 2.37. The summed E-state index contributed by atoms with van der Waals surface area (Å²) in [4.78, 5) is 25.9. The number of aromatic nitrogens is 2. The van der Waals surface area contributed by atoms with Gasteiger partial charge in [0.2, 0.25) is 5.91 Å². The molecule has 0 saturated carbocycles. The molecule has 7 nitrogen and oxygen atoms in total. The van der Waals surface area contributed by atoms with Gasteiger partial charge in [-0.25, -0.2) is 4.79 Å². The van der Waals surface area contributed by atoms with Gasteiger partial charge in [-0.05, 0) is 57.6 Å². The normalized spacial score (nSPS) is 16.7. The number of urea groups is 1. The van der Waals surface area contributed by atoms with Crippen LogP contribution in [0.4, 0.5) is 4.79 Å². The number of thioether (sulfide) groups is 1. The number of thiophene rings is 1. The molecule has 1 aliphatic carbocycles. The van der Waals surface area contributed by atoms with E-state index in [1.807, 2.05) is 20.8 Å². The van der Waals surface area contributed by atoms with Crippen LogP contribution in [0.15, 0.2) is 15.7 Å². The van der Waals surface area contributed by atoms with E-state index in [1.54, 1.807) is 11.3 Å². The quantitative estimate of drug-likeness (QED) is 0.750. The molecule has 1 aliphatic rings. The third-order valence-corrected chi connectivity index (χ3v) is 6.06. The predicted octanol–water partition coefficient (Wildman–Crippen LogP) is 3.64. The number of fused-ring (bicyclic) bond motifs is 1. The highest BCUT2D eigenvalue weighted by molar-refractivity contribution is 7.99. The summed E-state index contributed by atoms with van der Waals surface area (Å²) in [5, 5.41) is 13.4. The minimum Gasteiger partial charge on any atom is -0.410 e. The average Bonchev–Trinajstić information content (AvgIpc) is 3.16. The van der Waals surface area contributed by atoms with E-state index in [9.17, 15) is 9.59 Å². The van der Waals surface area contributed by atoms with Gasteiger partial charge in [0.25, 0.3) is 11.1 Å². The summed E-state index contributed by atoms with van der Waals surface area (Å²) in [6.07, 6.45) is 3.42. The van der Waals surface area contributed by atoms with Gasteiger partial charge in [-0.3, -0.25) is 10.1 Å². The van der Waals surface area contributed by atoms with Crippen molar-refractivity contribution in [3.05, 3.63) is 16.5 Å². The largest absolute Gasteiger partial charge is 0.410 e. The lowest BCUT2D eigenvalue weighted by atomic mass is 9.90. The van der Waals surface area contributed by atoms with Gasteiger partial charge in [0, 0.05) is 10.4 Å². The van der Waals surface area contributed by atoms with Crippen LogP contribution < -0.4 is 10.6 Å². The van der Waals surface area contributed by atoms with Crippen LogP contribution in [-0.2, 0) is 17.6 Å². The van der Waals surface area contributed by atoms with Crippen molar-refractivity contribution in [3.8, 4) is 10.8 Å². The summed E-state index contributed by atoms with van der Waals surface area (Å²) in [6.45, 7) is 7.80. The van der Waals surface area contributed by atoms with Crippen molar-refractivity contribution in [2.75, 3.05) is 5.75 Å². The minimum absolute atomic E-state index is 0.0254. The van der Waals surface area contributed by atoms with E-state index in [2.05, 4.69) is 33.8 Å². The second-order valence-electron chi connectivity index (χ2n) is 7.82. The molecular weight excluding hydrogens is 384 g/mol. The second kappa shape index (κ2) is 8.02. The van der Waals surface area contributed by atoms with Crippen LogP contribution in [0, 0.1) is 5.92 Å². The van der Waals surface area contributed by atoms with Crippen LogP contribution >= 0.6 is 23.1 Å². The number of carbonyl (C=O) groups excluding carboxylic acids is 2. The van der Waals surface area contributed by atoms with Crippen molar-refractivity contribution in [1.82, 2.24) is 20.8 Å². The van der Waals surface area contributed by atoms with Crippen LogP contribution in [-0.4, -0.2) is 33.4 Å². The molecule has 3 amide bonds. The molecule has 1 atom stereocenters. The van der Waals surface area contributed by atoms with Gasteiger partial charge in [-0.2, -0.15) is 0 Å². The first-order chi connectivity index (χ1) is 12.7. The van der Waals surface area contributed by atoms with E-state index in [1.165, 1.54) is 16.9 Å². The molecule has 3 rings (SSSR count). The second-order valence-corrected chi connectivity index (χ2v) is 9.88. The highest BCUT2D eigenvalue weighted by atomic mass is 32.2. The SMILES string of the molecule is CC1CCc2sc(-c3nnc(SCC(=O)NC(=O)NC(C)(C)C)o3)cc2C1. The standard InChI is InChI=1S/C18H24N4O3S2/c1-10-5-6-12-11(7-10)8-13(27-12)15-21-22-17(25-15)26-9-14(23)19-16(24)20-18(2,3)4/h8,10H,5-7,9H2,1-4H3,(H2,19,20,23,24). The Kier molecular flexibility index (Phi) is 5.90. The van der Waals surface area contributed by atoms with E-state index in [4.69, 9.17) is 4.42 Å². The first-order valence-corrected chi connectivity index (χ1v) is 10.7. The van der Waals surface area contributed by atoms with Gasteiger partial charge < -0.3 is 9.73 Å². The average molecular weight is 409 g/mol. The molecular formula is C18H24N4O3S2. The molecule has 2 heterocycles. The Balaban J connectivity index is 1.54. The number of imide groups is 1. The van der Waals surface area contributed by atoms with Crippen molar-refractivity contribution in [2.24, 2.45) is 5.92 Å². The van der Waals surface area contributed by atoms with Crippen molar-refractivity contribution in [1.29, 1.82) is 0 Å². The third kappa shape index (κ3) is 5.55. The third-order valence-electron chi connectivity index (χ3n) is 4.01. The molecule has 0 saturated heterocycles. The fraction of sp³-hybridized carbons (Fsp3) is 0.556. The zero-order valence-corrected chi connectivity index (χ0v) is 17.6. The molecule has 2 aromatic rings. The number of aryl methyl sites for hydroxylation is 1. The Labute approximate surface area is 166 Å². The van der Waals surface area contributed by atoms with Gasteiger partial charge in [0.1, 0.15) is 0 Å². The van der Waals surface area contributed by atoms with Gasteiger partial charge in [0.05, 0.1) is 10.6 Å². The molecule has 0 aromatic carbocycles. The van der Waals surface area contributed by atoms with Crippen LogP contribution in [0.3, 0.4) is 0 Å². The van der Waals surface area contributed by atoms with Crippen LogP contribution in [0.2, 0.25) is 0 Å². The summed E-state index contributed by atoms with van der Waals surface area (Å²) in [5.74, 6) is 0.803. The van der Waals surface area contributed by atoms with Crippen molar-refractivity contribution in [2.45, 2.75) is 57.7 Å². The molecule has 146 valence electrons. The van der Waals surface area contributed by atoms with Gasteiger partial charge in [-0.1, -0.05) is 18.7 Å². The summed E-state index contributed by atoms with van der Waals surface area (Å²) < 4.78 is 5.68. The van der Waals surface area contributed by atoms with E-state index in [0.717, 1.165) is 29.5 Å². The van der Waals surface area contributed by atoms with E-state index < -0.39 is 17.5 Å². The maximum Gasteiger partial charge on any atom is 0.321 e. The van der Waals surface area contributed by atoms with Gasteiger partial charge >= 0.3 is 6.03 Å². The molecule has 0 aliphatic heterocycles. The Morgan fingerprint density at radius 1 is 1.37 bits per heavy atom. The zero-order valence-electron chi connectivity index (χ0n) is 15.9. The molecule has 2 aromatic heterocycles. The number of hydrogen-bond donors (Lipinski definition) is 2. The molecule has 9 heteroatoms. The zero-order chi connectivity index (χ0) is 19.6. The lowest BCUT2D eigenvalue weighted by Crippen LogP contribution is -2.48. The summed E-state index contributed by atoms with van der Waals surface area (Å²) >= 11 is 2.82. The Morgan fingerprint density at radius 3 is 2.89 bits per heavy atom. The van der Waals surface area contributed by atoms with E-state index in [0.29, 0.717) is 17.0 Å². The summed E-state index contributed by atoms with van der Waals surface area (Å²) in [6, 6.07) is 1.62. The van der Waals surface area contributed by atoms with E-state index in [-0.39, 0.29) is 5.75 Å². The first-order valence-electron chi connectivity index (χ1n) is 8.90. The fourth-order valence-electron chi connectivity index (χ4n) is 2.84. The summed E-state index contributed by atoms with van der Waals surface area (Å²) in [5.41, 5.74) is 0.974. The lowest BCUT2D eigenvalue weighted by Gasteiger charge is -2.20. The van der Waals surface area contributed by atoms with E-state index >= 15 is 0 Å². The molecule has 2 N–H and O–H groups in total. The molecule has 0 bridgehead atoms. The van der Waals surface area contributed by atoms with Crippen molar-refractivity contribution >= 4 is 35.0 Å². The van der Waals surface area contributed by atoms with Crippen LogP contribution in [0.5, 0.6) is 0 Å². The van der Waals surface area contributed by atoms with Crippen LogP contribution in [0.1, 0.15) is 44.6 Å². The fourth-order valence-corrected chi connectivity index (χ4v) is 4.53. The molecule has 27 heavy (non-hydrogen) atoms. The summed E-state index contributed by atoms with van der Waals surface area (Å²) in [7, 11) is 0. The van der Waals surface area contributed by atoms with Crippen molar-refractivity contribution < 1.29 is 14.0 Å². The topological polar surface area (TPSA) is 97.1 Å². The number of hydrogen-bond acceptors (Lipinski definition) is 7. The van der Waals surface area contributed by atoms with Gasteiger partial charge in [0.15, 0.2) is 0 Å². The molecule has 0 radical (unpaired) electrons.